The standard InChI is InChI=1S/C12H18N6O6S/c19-12-17-6-8(18(12)24-25(20,21)22)1-2-9(17)11-16-15-10(23-11)5-14-7-3-13-4-7/h7-9,13-14H,1-6H2,(H,20,21,22)/t8-,9+/m1/s1. The zero-order valence-corrected chi connectivity index (χ0v) is 13.9. The number of rotatable bonds is 6. The summed E-state index contributed by atoms with van der Waals surface area (Å²) >= 11 is 0. The number of nitrogens with one attached hydrogen (secondary N) is 2. The minimum atomic E-state index is -5.01. The molecule has 0 unspecified atom stereocenters. The van der Waals surface area contributed by atoms with Crippen LogP contribution >= 0.6 is 0 Å². The van der Waals surface area contributed by atoms with Gasteiger partial charge in [-0.15, -0.1) is 10.2 Å². The van der Waals surface area contributed by atoms with Crippen molar-refractivity contribution in [2.45, 2.75) is 37.5 Å². The summed E-state index contributed by atoms with van der Waals surface area (Å²) in [6, 6.07) is -1.25. The lowest BCUT2D eigenvalue weighted by Crippen LogP contribution is -2.55. The zero-order chi connectivity index (χ0) is 17.6. The molecule has 0 saturated carbocycles. The molecule has 3 saturated heterocycles. The molecule has 1 aromatic rings. The van der Waals surface area contributed by atoms with Gasteiger partial charge in [0.15, 0.2) is 0 Å². The molecule has 138 valence electrons. The molecular weight excluding hydrogens is 356 g/mol. The first-order valence-electron chi connectivity index (χ1n) is 7.92. The molecule has 12 nitrogen and oxygen atoms in total. The molecule has 3 aliphatic rings. The zero-order valence-electron chi connectivity index (χ0n) is 14.1. The molecule has 1 aromatic heterocycles. The minimum Gasteiger partial charge on any atom is -0.724 e. The van der Waals surface area contributed by atoms with Gasteiger partial charge < -0.3 is 24.5 Å². The van der Waals surface area contributed by atoms with Crippen molar-refractivity contribution in [3.8, 4) is 0 Å². The van der Waals surface area contributed by atoms with Gasteiger partial charge in [0.05, 0.1) is 12.6 Å². The first-order chi connectivity index (χ1) is 11.9. The van der Waals surface area contributed by atoms with E-state index in [9.17, 15) is 17.8 Å². The minimum absolute atomic E-state index is 0. The average molecular weight is 374 g/mol. The molecule has 4 heterocycles. The number of urea groups is 1. The van der Waals surface area contributed by atoms with Crippen LogP contribution in [0.25, 0.3) is 0 Å². The predicted molar refractivity (Wildman–Crippen MR) is 79.4 cm³/mol. The smallest absolute Gasteiger partial charge is 0.724 e. The third-order valence-corrected chi connectivity index (χ3v) is 4.93. The van der Waals surface area contributed by atoms with E-state index in [1.165, 1.54) is 4.90 Å². The molecular formula is C12H18N6O6S. The van der Waals surface area contributed by atoms with Gasteiger partial charge in [-0.25, -0.2) is 13.2 Å². The van der Waals surface area contributed by atoms with Crippen molar-refractivity contribution in [3.05, 3.63) is 11.8 Å². The molecule has 4 rings (SSSR count). The number of hydrogen-bond donors (Lipinski definition) is 2. The van der Waals surface area contributed by atoms with Crippen LogP contribution in [0.4, 0.5) is 4.79 Å². The van der Waals surface area contributed by atoms with E-state index in [4.69, 9.17) is 4.42 Å². The number of carbonyl (C=O) groups is 1. The highest BCUT2D eigenvalue weighted by Crippen LogP contribution is 2.38. The highest BCUT2D eigenvalue weighted by molar-refractivity contribution is 7.80. The van der Waals surface area contributed by atoms with E-state index in [0.29, 0.717) is 42.3 Å². The van der Waals surface area contributed by atoms with Gasteiger partial charge in [0.2, 0.25) is 22.2 Å². The molecule has 2 bridgehead atoms. The van der Waals surface area contributed by atoms with Crippen LogP contribution in [-0.4, -0.2) is 70.9 Å². The Balaban J connectivity index is 0.00000196. The molecule has 25 heavy (non-hydrogen) atoms. The highest BCUT2D eigenvalue weighted by Gasteiger charge is 2.48. The molecule has 3 aliphatic heterocycles. The van der Waals surface area contributed by atoms with Crippen LogP contribution in [0.5, 0.6) is 0 Å². The van der Waals surface area contributed by atoms with Crippen LogP contribution in [0.1, 0.15) is 32.1 Å². The van der Waals surface area contributed by atoms with Gasteiger partial charge in [0.1, 0.15) is 6.04 Å². The summed E-state index contributed by atoms with van der Waals surface area (Å²) in [7, 11) is -5.01. The van der Waals surface area contributed by atoms with Gasteiger partial charge >= 0.3 is 7.46 Å². The normalized spacial score (nSPS) is 27.0. The summed E-state index contributed by atoms with van der Waals surface area (Å²) in [5.41, 5.74) is 0. The Hall–Kier alpha value is -1.80. The van der Waals surface area contributed by atoms with Gasteiger partial charge in [0, 0.05) is 25.7 Å². The summed E-state index contributed by atoms with van der Waals surface area (Å²) in [6.07, 6.45) is 0.975. The van der Waals surface area contributed by atoms with Crippen molar-refractivity contribution >= 4 is 16.4 Å². The predicted octanol–water partition coefficient (Wildman–Crippen LogP) is -1.42. The first-order valence-corrected chi connectivity index (χ1v) is 9.25. The third-order valence-electron chi connectivity index (χ3n) is 4.59. The number of carbonyl (C=O) groups excluding carboxylic acids is 1. The lowest BCUT2D eigenvalue weighted by Gasteiger charge is -2.28. The number of fused-ring (bicyclic) bond motifs is 2. The van der Waals surface area contributed by atoms with Gasteiger partial charge in [-0.3, -0.25) is 0 Å². The summed E-state index contributed by atoms with van der Waals surface area (Å²) in [5.74, 6) is 0.716. The second-order valence-corrected chi connectivity index (χ2v) is 7.23. The van der Waals surface area contributed by atoms with E-state index in [1.54, 1.807) is 0 Å². The number of amides is 2. The van der Waals surface area contributed by atoms with Crippen molar-refractivity contribution in [2.75, 3.05) is 19.6 Å². The second-order valence-electron chi connectivity index (χ2n) is 6.26. The lowest BCUT2D eigenvalue weighted by atomic mass is 10.0. The fourth-order valence-corrected chi connectivity index (χ4v) is 3.60. The summed E-state index contributed by atoms with van der Waals surface area (Å²) in [6.45, 7) is 2.46. The topological polar surface area (TPSA) is 153 Å². The van der Waals surface area contributed by atoms with Gasteiger partial charge in [0.25, 0.3) is 0 Å². The van der Waals surface area contributed by atoms with Crippen LogP contribution in [0.15, 0.2) is 4.42 Å². The Morgan fingerprint density at radius 2 is 2.20 bits per heavy atom. The number of aromatic nitrogens is 2. The maximum Gasteiger partial charge on any atom is 1.00 e. The van der Waals surface area contributed by atoms with E-state index in [0.717, 1.165) is 13.1 Å². The largest absolute Gasteiger partial charge is 1.00 e. The van der Waals surface area contributed by atoms with Gasteiger partial charge in [-0.2, -0.15) is 9.35 Å². The molecule has 2 amide bonds. The third kappa shape index (κ3) is 3.32. The number of hydrogen-bond acceptors (Lipinski definition) is 10. The summed E-state index contributed by atoms with van der Waals surface area (Å²) in [5, 5.41) is 15.0. The number of piperidine rings is 1. The monoisotopic (exact) mass is 374 g/mol. The van der Waals surface area contributed by atoms with E-state index in [1.807, 2.05) is 0 Å². The van der Waals surface area contributed by atoms with Crippen LogP contribution in [0, 0.1) is 0 Å². The SMILES string of the molecule is O=C1N2C[C@@H](CC[C@H]2c2nnc(CNC3CNC3)o2)N1OS(=O)(=O)[O-].[H+]. The molecule has 13 heteroatoms. The van der Waals surface area contributed by atoms with E-state index in [-0.39, 0.29) is 7.97 Å². The van der Waals surface area contributed by atoms with Crippen molar-refractivity contribution < 1.29 is 27.9 Å². The molecule has 0 radical (unpaired) electrons. The van der Waals surface area contributed by atoms with Crippen molar-refractivity contribution in [2.24, 2.45) is 0 Å². The van der Waals surface area contributed by atoms with Gasteiger partial charge in [-0.05, 0) is 12.8 Å². The van der Waals surface area contributed by atoms with Crippen molar-refractivity contribution in [1.29, 1.82) is 0 Å². The fourth-order valence-electron chi connectivity index (χ4n) is 3.22. The second kappa shape index (κ2) is 6.17. The number of hydroxylamine groups is 2. The Kier molecular flexibility index (Phi) is 4.11. The molecule has 2 atom stereocenters. The van der Waals surface area contributed by atoms with Crippen LogP contribution in [0.2, 0.25) is 0 Å². The highest BCUT2D eigenvalue weighted by atomic mass is 32.3. The molecule has 0 aromatic carbocycles. The Morgan fingerprint density at radius 1 is 1.40 bits per heavy atom. The lowest BCUT2D eigenvalue weighted by molar-refractivity contribution is -0.0328. The summed E-state index contributed by atoms with van der Waals surface area (Å²) < 4.78 is 42.3. The van der Waals surface area contributed by atoms with Gasteiger partial charge in [-0.1, -0.05) is 0 Å². The van der Waals surface area contributed by atoms with E-state index >= 15 is 0 Å². The van der Waals surface area contributed by atoms with Crippen molar-refractivity contribution in [1.82, 2.24) is 30.8 Å². The Bertz CT molecular complexity index is 770. The molecule has 3 fully saturated rings. The molecule has 2 N–H and O–H groups in total. The quantitative estimate of drug-likeness (QED) is 0.448. The number of nitrogens with zero attached hydrogens (tertiary/aromatic N) is 4. The molecule has 0 spiro atoms. The first kappa shape index (κ1) is 16.7. The maximum absolute atomic E-state index is 12.3. The van der Waals surface area contributed by atoms with Crippen LogP contribution < -0.4 is 10.6 Å². The van der Waals surface area contributed by atoms with Crippen LogP contribution in [0.3, 0.4) is 0 Å². The van der Waals surface area contributed by atoms with Crippen LogP contribution in [-0.2, 0) is 21.2 Å². The molecule has 0 aliphatic carbocycles. The fraction of sp³-hybridized carbons (Fsp3) is 0.750. The Labute approximate surface area is 144 Å². The average Bonchev–Trinajstić information content (AvgIpc) is 3.05. The van der Waals surface area contributed by atoms with E-state index in [2.05, 4.69) is 25.1 Å². The summed E-state index contributed by atoms with van der Waals surface area (Å²) in [4.78, 5) is 13.7. The van der Waals surface area contributed by atoms with E-state index < -0.39 is 28.5 Å². The Morgan fingerprint density at radius 3 is 2.88 bits per heavy atom. The maximum atomic E-state index is 12.3. The van der Waals surface area contributed by atoms with Crippen molar-refractivity contribution in [3.63, 3.8) is 0 Å².